The van der Waals surface area contributed by atoms with Gasteiger partial charge in [0.25, 0.3) is 0 Å². The van der Waals surface area contributed by atoms with Crippen molar-refractivity contribution in [3.63, 3.8) is 0 Å². The van der Waals surface area contributed by atoms with Crippen LogP contribution in [0.15, 0.2) is 0 Å². The van der Waals surface area contributed by atoms with E-state index < -0.39 is 0 Å². The standard InChI is InChI=1S/C12H16N2/c1-6-7(2)9(4)12-11(8(6)3)10(5)13-14-12/h1-5H3,(H,13,14)/p+1. The Kier molecular flexibility index (Phi) is 1.88. The Labute approximate surface area is 84.3 Å². The van der Waals surface area contributed by atoms with E-state index in [1.54, 1.807) is 0 Å². The molecule has 0 amide bonds. The van der Waals surface area contributed by atoms with Crippen LogP contribution in [0.25, 0.3) is 10.9 Å². The van der Waals surface area contributed by atoms with Crippen LogP contribution in [0.1, 0.15) is 27.9 Å². The molecule has 0 aliphatic heterocycles. The van der Waals surface area contributed by atoms with Gasteiger partial charge in [0.15, 0.2) is 0 Å². The first-order chi connectivity index (χ1) is 6.54. The van der Waals surface area contributed by atoms with Crippen molar-refractivity contribution in [2.75, 3.05) is 0 Å². The predicted octanol–water partition coefficient (Wildman–Crippen LogP) is 2.52. The number of H-pyrrole nitrogens is 2. The summed E-state index contributed by atoms with van der Waals surface area (Å²) < 4.78 is 0. The fourth-order valence-electron chi connectivity index (χ4n) is 2.16. The van der Waals surface area contributed by atoms with E-state index >= 15 is 0 Å². The average Bonchev–Trinajstić information content (AvgIpc) is 2.54. The molecule has 0 radical (unpaired) electrons. The van der Waals surface area contributed by atoms with Gasteiger partial charge in [-0.05, 0) is 51.3 Å². The molecule has 1 heterocycles. The molecule has 2 heteroatoms. The van der Waals surface area contributed by atoms with Crippen molar-refractivity contribution >= 4 is 10.9 Å². The van der Waals surface area contributed by atoms with Gasteiger partial charge in [-0.1, -0.05) is 0 Å². The molecule has 0 fully saturated rings. The van der Waals surface area contributed by atoms with Gasteiger partial charge < -0.3 is 0 Å². The Morgan fingerprint density at radius 3 is 2.00 bits per heavy atom. The molecule has 2 rings (SSSR count). The zero-order valence-corrected chi connectivity index (χ0v) is 9.50. The summed E-state index contributed by atoms with van der Waals surface area (Å²) in [6.07, 6.45) is 0. The maximum Gasteiger partial charge on any atom is 0.239 e. The Morgan fingerprint density at radius 1 is 0.786 bits per heavy atom. The van der Waals surface area contributed by atoms with E-state index in [1.807, 2.05) is 0 Å². The number of nitrogens with one attached hydrogen (secondary N) is 2. The number of benzene rings is 1. The number of hydrogen-bond acceptors (Lipinski definition) is 0. The molecule has 0 saturated carbocycles. The molecule has 1 aromatic carbocycles. The van der Waals surface area contributed by atoms with Gasteiger partial charge in [-0.3, -0.25) is 0 Å². The molecule has 0 aliphatic rings. The second-order valence-electron chi connectivity index (χ2n) is 4.12. The van der Waals surface area contributed by atoms with Gasteiger partial charge in [0.2, 0.25) is 5.52 Å². The second-order valence-corrected chi connectivity index (χ2v) is 4.12. The highest BCUT2D eigenvalue weighted by molar-refractivity contribution is 5.86. The number of rotatable bonds is 0. The third-order valence-electron chi connectivity index (χ3n) is 3.44. The third kappa shape index (κ3) is 0.999. The van der Waals surface area contributed by atoms with Gasteiger partial charge >= 0.3 is 0 Å². The minimum Gasteiger partial charge on any atom is -0.171 e. The zero-order valence-electron chi connectivity index (χ0n) is 9.50. The van der Waals surface area contributed by atoms with Gasteiger partial charge in [0.1, 0.15) is 0 Å². The molecule has 0 bridgehead atoms. The summed E-state index contributed by atoms with van der Waals surface area (Å²) in [6, 6.07) is 0. The van der Waals surface area contributed by atoms with E-state index in [4.69, 9.17) is 0 Å². The lowest BCUT2D eigenvalue weighted by Crippen LogP contribution is -2.04. The van der Waals surface area contributed by atoms with Crippen LogP contribution in [0.3, 0.4) is 0 Å². The number of fused-ring (bicyclic) bond motifs is 1. The highest BCUT2D eigenvalue weighted by Gasteiger charge is 2.17. The molecule has 0 saturated heterocycles. The largest absolute Gasteiger partial charge is 0.239 e. The summed E-state index contributed by atoms with van der Waals surface area (Å²) >= 11 is 0. The molecular weight excluding hydrogens is 172 g/mol. The van der Waals surface area contributed by atoms with Crippen molar-refractivity contribution in [1.82, 2.24) is 5.10 Å². The highest BCUT2D eigenvalue weighted by atomic mass is 15.1. The molecule has 0 spiro atoms. The Hall–Kier alpha value is -1.31. The van der Waals surface area contributed by atoms with E-state index in [0.717, 1.165) is 0 Å². The van der Waals surface area contributed by atoms with Crippen LogP contribution in [0.4, 0.5) is 0 Å². The summed E-state index contributed by atoms with van der Waals surface area (Å²) in [7, 11) is 0. The smallest absolute Gasteiger partial charge is 0.171 e. The Morgan fingerprint density at radius 2 is 1.36 bits per heavy atom. The first-order valence-corrected chi connectivity index (χ1v) is 5.00. The van der Waals surface area contributed by atoms with Crippen LogP contribution in [-0.2, 0) is 0 Å². The summed E-state index contributed by atoms with van der Waals surface area (Å²) in [6.45, 7) is 10.9. The second kappa shape index (κ2) is 2.84. The highest BCUT2D eigenvalue weighted by Crippen LogP contribution is 2.27. The fraction of sp³-hybridized carbons (Fsp3) is 0.417. The van der Waals surface area contributed by atoms with Crippen LogP contribution < -0.4 is 5.10 Å². The van der Waals surface area contributed by atoms with Gasteiger partial charge in [0.05, 0.1) is 11.1 Å². The lowest BCUT2D eigenvalue weighted by atomic mass is 9.95. The van der Waals surface area contributed by atoms with Gasteiger partial charge in [-0.15, -0.1) is 5.10 Å². The molecular formula is C12H17N2+. The molecule has 1 aromatic heterocycles. The van der Waals surface area contributed by atoms with Gasteiger partial charge in [-0.2, -0.15) is 5.10 Å². The maximum atomic E-state index is 3.24. The molecule has 2 aromatic rings. The first kappa shape index (κ1) is 9.25. The predicted molar refractivity (Wildman–Crippen MR) is 58.5 cm³/mol. The Bertz CT molecular complexity index is 507. The lowest BCUT2D eigenvalue weighted by Gasteiger charge is -2.07. The van der Waals surface area contributed by atoms with Crippen molar-refractivity contribution in [1.29, 1.82) is 0 Å². The first-order valence-electron chi connectivity index (χ1n) is 5.00. The van der Waals surface area contributed by atoms with Crippen LogP contribution in [0, 0.1) is 34.6 Å². The van der Waals surface area contributed by atoms with E-state index in [0.29, 0.717) is 0 Å². The van der Waals surface area contributed by atoms with Crippen LogP contribution >= 0.6 is 0 Å². The van der Waals surface area contributed by atoms with Crippen molar-refractivity contribution < 1.29 is 5.10 Å². The molecule has 74 valence electrons. The van der Waals surface area contributed by atoms with Crippen LogP contribution in [0.2, 0.25) is 0 Å². The minimum atomic E-state index is 1.23. The molecule has 14 heavy (non-hydrogen) atoms. The lowest BCUT2D eigenvalue weighted by molar-refractivity contribution is -0.421. The zero-order chi connectivity index (χ0) is 10.5. The topological polar surface area (TPSA) is 29.9 Å². The summed E-state index contributed by atoms with van der Waals surface area (Å²) in [5, 5.41) is 7.78. The fourth-order valence-corrected chi connectivity index (χ4v) is 2.16. The third-order valence-corrected chi connectivity index (χ3v) is 3.44. The van der Waals surface area contributed by atoms with Crippen molar-refractivity contribution in [3.8, 4) is 0 Å². The quantitative estimate of drug-likeness (QED) is 0.660. The van der Waals surface area contributed by atoms with E-state index in [9.17, 15) is 0 Å². The molecule has 2 nitrogen and oxygen atoms in total. The van der Waals surface area contributed by atoms with Crippen LogP contribution in [0.5, 0.6) is 0 Å². The molecule has 0 unspecified atom stereocenters. The monoisotopic (exact) mass is 189 g/mol. The number of aromatic amines is 2. The SMILES string of the molecule is Cc1c(C)c(C)c2c(C)[nH][nH+]c2c1C. The van der Waals surface area contributed by atoms with Crippen molar-refractivity contribution in [3.05, 3.63) is 27.9 Å². The average molecular weight is 189 g/mol. The van der Waals surface area contributed by atoms with E-state index in [1.165, 1.54) is 38.9 Å². The molecule has 0 atom stereocenters. The van der Waals surface area contributed by atoms with Crippen LogP contribution in [-0.4, -0.2) is 5.10 Å². The summed E-state index contributed by atoms with van der Waals surface area (Å²) in [5.74, 6) is 0. The Balaban J connectivity index is 3.05. The summed E-state index contributed by atoms with van der Waals surface area (Å²) in [4.78, 5) is 0. The normalized spacial score (nSPS) is 11.2. The summed E-state index contributed by atoms with van der Waals surface area (Å²) in [5.41, 5.74) is 8.02. The van der Waals surface area contributed by atoms with E-state index in [2.05, 4.69) is 44.8 Å². The van der Waals surface area contributed by atoms with Gasteiger partial charge in [-0.25, -0.2) is 0 Å². The van der Waals surface area contributed by atoms with E-state index in [-0.39, 0.29) is 0 Å². The molecule has 0 aliphatic carbocycles. The number of hydrogen-bond donors (Lipinski definition) is 1. The van der Waals surface area contributed by atoms with Crippen molar-refractivity contribution in [2.24, 2.45) is 0 Å². The minimum absolute atomic E-state index is 1.23. The van der Waals surface area contributed by atoms with Gasteiger partial charge in [0, 0.05) is 5.56 Å². The molecule has 2 N–H and O–H groups in total. The maximum absolute atomic E-state index is 3.24. The number of aryl methyl sites for hydroxylation is 3. The number of aromatic nitrogens is 2. The van der Waals surface area contributed by atoms with Crippen molar-refractivity contribution in [2.45, 2.75) is 34.6 Å².